The summed E-state index contributed by atoms with van der Waals surface area (Å²) in [5, 5.41) is 4.59. The van der Waals surface area contributed by atoms with Gasteiger partial charge in [0.05, 0.1) is 11.4 Å². The monoisotopic (exact) mass is 328 g/mol. The molecule has 0 N–H and O–H groups in total. The van der Waals surface area contributed by atoms with Gasteiger partial charge in [0, 0.05) is 31.5 Å². The van der Waals surface area contributed by atoms with E-state index in [1.807, 2.05) is 29.1 Å². The Morgan fingerprint density at radius 3 is 2.75 bits per heavy atom. The molecule has 0 bridgehead atoms. The van der Waals surface area contributed by atoms with Crippen molar-refractivity contribution in [1.82, 2.24) is 9.78 Å². The van der Waals surface area contributed by atoms with Crippen LogP contribution in [0.2, 0.25) is 0 Å². The molecule has 24 heavy (non-hydrogen) atoms. The molecule has 1 atom stereocenters. The third kappa shape index (κ3) is 3.18. The highest BCUT2D eigenvalue weighted by Crippen LogP contribution is 2.29. The highest BCUT2D eigenvalue weighted by Gasteiger charge is 2.18. The van der Waals surface area contributed by atoms with E-state index in [0.29, 0.717) is 5.69 Å². The summed E-state index contributed by atoms with van der Waals surface area (Å²) < 4.78 is 22.2. The van der Waals surface area contributed by atoms with Crippen LogP contribution in [0.1, 0.15) is 38.3 Å². The van der Waals surface area contributed by atoms with Gasteiger partial charge in [0.15, 0.2) is 0 Å². The van der Waals surface area contributed by atoms with Crippen molar-refractivity contribution in [2.24, 2.45) is 0 Å². The van der Waals surface area contributed by atoms with Crippen molar-refractivity contribution >= 4 is 5.69 Å². The number of nitrogens with zero attached hydrogens (tertiary/aromatic N) is 3. The number of halogens is 1. The Morgan fingerprint density at radius 1 is 1.12 bits per heavy atom. The second kappa shape index (κ2) is 6.93. The third-order valence-electron chi connectivity index (χ3n) is 4.85. The molecule has 3 heterocycles. The molecule has 1 aromatic heterocycles. The standard InChI is InChI=1S/C19H23FN3O/c20-16-14-15(7-8-18(16)22-10-3-1-4-11-22)17-9-12-23(21-17)19-6-2-5-13-24-19/h1,7-9,12,14,19H,2-6,10-11,13H2. The van der Waals surface area contributed by atoms with E-state index in [1.165, 1.54) is 0 Å². The minimum atomic E-state index is -0.169. The number of aromatic nitrogens is 2. The van der Waals surface area contributed by atoms with Gasteiger partial charge in [0.1, 0.15) is 12.0 Å². The summed E-state index contributed by atoms with van der Waals surface area (Å²) in [5.41, 5.74) is 2.30. The second-order valence-electron chi connectivity index (χ2n) is 6.52. The van der Waals surface area contributed by atoms with Gasteiger partial charge in [-0.1, -0.05) is 6.07 Å². The van der Waals surface area contributed by atoms with E-state index < -0.39 is 0 Å². The molecule has 0 aliphatic carbocycles. The first-order valence-electron chi connectivity index (χ1n) is 8.84. The summed E-state index contributed by atoms with van der Waals surface area (Å²) >= 11 is 0. The summed E-state index contributed by atoms with van der Waals surface area (Å²) in [5.74, 6) is -0.169. The van der Waals surface area contributed by atoms with Gasteiger partial charge in [-0.05, 0) is 56.7 Å². The molecule has 2 fully saturated rings. The maximum absolute atomic E-state index is 14.6. The molecular formula is C19H23FN3O. The number of hydrogen-bond donors (Lipinski definition) is 0. The lowest BCUT2D eigenvalue weighted by molar-refractivity contribution is -0.0393. The molecule has 2 saturated heterocycles. The molecule has 4 nitrogen and oxygen atoms in total. The maximum Gasteiger partial charge on any atom is 0.150 e. The number of benzene rings is 1. The fourth-order valence-electron chi connectivity index (χ4n) is 3.50. The number of anilines is 1. The van der Waals surface area contributed by atoms with E-state index in [4.69, 9.17) is 4.74 Å². The molecular weight excluding hydrogens is 305 g/mol. The van der Waals surface area contributed by atoms with Crippen molar-refractivity contribution in [1.29, 1.82) is 0 Å². The van der Waals surface area contributed by atoms with Crippen LogP contribution < -0.4 is 4.90 Å². The van der Waals surface area contributed by atoms with Crippen LogP contribution in [0.5, 0.6) is 0 Å². The van der Waals surface area contributed by atoms with Gasteiger partial charge in [-0.25, -0.2) is 9.07 Å². The van der Waals surface area contributed by atoms with Crippen molar-refractivity contribution in [2.45, 2.75) is 38.3 Å². The lowest BCUT2D eigenvalue weighted by atomic mass is 10.1. The highest BCUT2D eigenvalue weighted by atomic mass is 19.1. The fourth-order valence-corrected chi connectivity index (χ4v) is 3.50. The van der Waals surface area contributed by atoms with Crippen LogP contribution in [0.3, 0.4) is 0 Å². The summed E-state index contributed by atoms with van der Waals surface area (Å²) in [6.07, 6.45) is 9.52. The Morgan fingerprint density at radius 2 is 2.00 bits per heavy atom. The van der Waals surface area contributed by atoms with Gasteiger partial charge < -0.3 is 9.64 Å². The number of ether oxygens (including phenoxy) is 1. The normalized spacial score (nSPS) is 21.9. The average molecular weight is 328 g/mol. The van der Waals surface area contributed by atoms with Gasteiger partial charge >= 0.3 is 0 Å². The van der Waals surface area contributed by atoms with E-state index in [-0.39, 0.29) is 12.0 Å². The Labute approximate surface area is 142 Å². The van der Waals surface area contributed by atoms with Crippen molar-refractivity contribution in [3.05, 3.63) is 42.7 Å². The van der Waals surface area contributed by atoms with Gasteiger partial charge in [-0.3, -0.25) is 0 Å². The summed E-state index contributed by atoms with van der Waals surface area (Å²) in [4.78, 5) is 2.12. The first-order chi connectivity index (χ1) is 11.8. The zero-order valence-corrected chi connectivity index (χ0v) is 13.8. The quantitative estimate of drug-likeness (QED) is 0.846. The molecule has 0 spiro atoms. The van der Waals surface area contributed by atoms with Crippen LogP contribution in [-0.2, 0) is 4.74 Å². The van der Waals surface area contributed by atoms with Crippen LogP contribution in [0.25, 0.3) is 11.3 Å². The molecule has 1 aromatic carbocycles. The van der Waals surface area contributed by atoms with Crippen LogP contribution >= 0.6 is 0 Å². The highest BCUT2D eigenvalue weighted by molar-refractivity contribution is 5.63. The zero-order chi connectivity index (χ0) is 16.4. The van der Waals surface area contributed by atoms with Crippen molar-refractivity contribution in [2.75, 3.05) is 24.6 Å². The van der Waals surface area contributed by atoms with Gasteiger partial charge in [-0.2, -0.15) is 5.10 Å². The van der Waals surface area contributed by atoms with E-state index in [9.17, 15) is 4.39 Å². The molecule has 0 saturated carbocycles. The molecule has 1 unspecified atom stereocenters. The topological polar surface area (TPSA) is 30.3 Å². The third-order valence-corrected chi connectivity index (χ3v) is 4.85. The minimum absolute atomic E-state index is 0.0150. The van der Waals surface area contributed by atoms with Crippen molar-refractivity contribution in [3.63, 3.8) is 0 Å². The SMILES string of the molecule is Fc1cc(-c2ccn(C3CCCCO3)n2)ccc1N1CC[CH]CC1. The zero-order valence-electron chi connectivity index (χ0n) is 13.8. The Balaban J connectivity index is 1.54. The van der Waals surface area contributed by atoms with Crippen molar-refractivity contribution < 1.29 is 9.13 Å². The van der Waals surface area contributed by atoms with Gasteiger partial charge in [0.25, 0.3) is 0 Å². The van der Waals surface area contributed by atoms with E-state index in [1.54, 1.807) is 6.07 Å². The van der Waals surface area contributed by atoms with E-state index in [2.05, 4.69) is 16.4 Å². The number of hydrogen-bond acceptors (Lipinski definition) is 3. The predicted octanol–water partition coefficient (Wildman–Crippen LogP) is 4.19. The molecule has 2 aliphatic rings. The number of piperidine rings is 1. The minimum Gasteiger partial charge on any atom is -0.369 e. The molecule has 127 valence electrons. The lowest BCUT2D eigenvalue weighted by Crippen LogP contribution is -2.30. The molecule has 0 amide bonds. The van der Waals surface area contributed by atoms with Crippen LogP contribution in [-0.4, -0.2) is 29.5 Å². The summed E-state index contributed by atoms with van der Waals surface area (Å²) in [6, 6.07) is 7.38. The smallest absolute Gasteiger partial charge is 0.150 e. The Bertz CT molecular complexity index is 688. The Kier molecular flexibility index (Phi) is 4.52. The van der Waals surface area contributed by atoms with Gasteiger partial charge in [0.2, 0.25) is 0 Å². The summed E-state index contributed by atoms with van der Waals surface area (Å²) in [6.45, 7) is 2.57. The molecule has 5 heteroatoms. The number of rotatable bonds is 3. The lowest BCUT2D eigenvalue weighted by Gasteiger charge is -2.29. The molecule has 2 aliphatic heterocycles. The fraction of sp³-hybridized carbons (Fsp3) is 0.474. The largest absolute Gasteiger partial charge is 0.369 e. The molecule has 2 aromatic rings. The maximum atomic E-state index is 14.6. The predicted molar refractivity (Wildman–Crippen MR) is 92.2 cm³/mol. The average Bonchev–Trinajstić information content (AvgIpc) is 3.13. The van der Waals surface area contributed by atoms with Crippen LogP contribution in [0.4, 0.5) is 10.1 Å². The molecule has 1 radical (unpaired) electrons. The van der Waals surface area contributed by atoms with Crippen LogP contribution in [0.15, 0.2) is 30.5 Å². The van der Waals surface area contributed by atoms with E-state index in [0.717, 1.165) is 63.1 Å². The first kappa shape index (κ1) is 15.6. The van der Waals surface area contributed by atoms with Crippen molar-refractivity contribution in [3.8, 4) is 11.3 Å². The molecule has 4 rings (SSSR count). The van der Waals surface area contributed by atoms with Gasteiger partial charge in [-0.15, -0.1) is 0 Å². The Hall–Kier alpha value is -1.88. The second-order valence-corrected chi connectivity index (χ2v) is 6.52. The van der Waals surface area contributed by atoms with Crippen LogP contribution in [0, 0.1) is 12.2 Å². The summed E-state index contributed by atoms with van der Waals surface area (Å²) in [7, 11) is 0. The van der Waals surface area contributed by atoms with E-state index >= 15 is 0 Å². The first-order valence-corrected chi connectivity index (χ1v) is 8.84.